The Balaban J connectivity index is 2.39. The fourth-order valence-electron chi connectivity index (χ4n) is 1.85. The molecule has 0 aromatic heterocycles. The maximum absolute atomic E-state index is 9.06. The molecule has 1 fully saturated rings. The minimum absolute atomic E-state index is 0.247. The highest BCUT2D eigenvalue weighted by Crippen LogP contribution is 2.24. The first-order valence-electron chi connectivity index (χ1n) is 4.95. The number of guanidine groups is 1. The second kappa shape index (κ2) is 5.07. The smallest absolute Gasteiger partial charge is 0.188 e. The van der Waals surface area contributed by atoms with Crippen LogP contribution in [-0.4, -0.2) is 30.3 Å². The molecule has 13 heavy (non-hydrogen) atoms. The van der Waals surface area contributed by atoms with E-state index < -0.39 is 0 Å². The zero-order valence-electron chi connectivity index (χ0n) is 8.16. The van der Waals surface area contributed by atoms with E-state index in [0.29, 0.717) is 24.5 Å². The van der Waals surface area contributed by atoms with Crippen molar-refractivity contribution < 1.29 is 5.11 Å². The molecular weight excluding hydrogens is 166 g/mol. The fourth-order valence-corrected chi connectivity index (χ4v) is 1.85. The number of hydrogen-bond acceptors (Lipinski definition) is 2. The van der Waals surface area contributed by atoms with E-state index >= 15 is 0 Å². The molecular formula is C9H19N3O. The highest BCUT2D eigenvalue weighted by Gasteiger charge is 2.26. The van der Waals surface area contributed by atoms with Crippen LogP contribution in [-0.2, 0) is 0 Å². The molecule has 2 atom stereocenters. The van der Waals surface area contributed by atoms with Crippen LogP contribution in [0.4, 0.5) is 0 Å². The average molecular weight is 185 g/mol. The number of rotatable bonds is 3. The highest BCUT2D eigenvalue weighted by atomic mass is 16.3. The van der Waals surface area contributed by atoms with Crippen molar-refractivity contribution in [1.29, 1.82) is 0 Å². The van der Waals surface area contributed by atoms with E-state index in [-0.39, 0.29) is 6.61 Å². The molecule has 0 heterocycles. The number of aliphatic imine (C=N–C) groups is 1. The van der Waals surface area contributed by atoms with Crippen LogP contribution in [0.15, 0.2) is 4.99 Å². The average Bonchev–Trinajstić information content (AvgIpc) is 2.52. The van der Waals surface area contributed by atoms with E-state index in [1.807, 2.05) is 6.92 Å². The number of nitrogens with two attached hydrogens (primary N) is 1. The molecule has 4 nitrogen and oxygen atoms in total. The lowest BCUT2D eigenvalue weighted by Crippen LogP contribution is -2.42. The Morgan fingerprint density at radius 1 is 1.62 bits per heavy atom. The first-order chi connectivity index (χ1) is 6.27. The van der Waals surface area contributed by atoms with Crippen molar-refractivity contribution in [2.24, 2.45) is 16.6 Å². The molecule has 0 aromatic carbocycles. The minimum Gasteiger partial charge on any atom is -0.396 e. The van der Waals surface area contributed by atoms with Crippen LogP contribution in [0, 0.1) is 5.92 Å². The van der Waals surface area contributed by atoms with Gasteiger partial charge in [0.2, 0.25) is 0 Å². The van der Waals surface area contributed by atoms with Gasteiger partial charge >= 0.3 is 0 Å². The van der Waals surface area contributed by atoms with Gasteiger partial charge in [0.25, 0.3) is 0 Å². The molecule has 2 unspecified atom stereocenters. The Hall–Kier alpha value is -0.770. The van der Waals surface area contributed by atoms with Gasteiger partial charge in [-0.3, -0.25) is 4.99 Å². The van der Waals surface area contributed by atoms with Gasteiger partial charge in [0.05, 0.1) is 0 Å². The third kappa shape index (κ3) is 2.88. The maximum atomic E-state index is 9.06. The predicted molar refractivity (Wildman–Crippen MR) is 53.5 cm³/mol. The van der Waals surface area contributed by atoms with Crippen molar-refractivity contribution in [3.05, 3.63) is 0 Å². The third-order valence-electron chi connectivity index (χ3n) is 2.56. The lowest BCUT2D eigenvalue weighted by molar-refractivity contribution is 0.212. The first kappa shape index (κ1) is 10.3. The molecule has 0 bridgehead atoms. The van der Waals surface area contributed by atoms with Crippen LogP contribution < -0.4 is 11.1 Å². The van der Waals surface area contributed by atoms with Gasteiger partial charge in [0, 0.05) is 25.1 Å². The Morgan fingerprint density at radius 3 is 3.00 bits per heavy atom. The van der Waals surface area contributed by atoms with Crippen LogP contribution in [0.2, 0.25) is 0 Å². The predicted octanol–water partition coefficient (Wildman–Crippen LogP) is 0.0716. The SMILES string of the molecule is CCN=C(N)NC1CCCC1CO. The van der Waals surface area contributed by atoms with Gasteiger partial charge in [-0.05, 0) is 19.8 Å². The first-order valence-corrected chi connectivity index (χ1v) is 4.95. The van der Waals surface area contributed by atoms with Crippen LogP contribution in [0.1, 0.15) is 26.2 Å². The summed E-state index contributed by atoms with van der Waals surface area (Å²) in [5, 5.41) is 12.2. The summed E-state index contributed by atoms with van der Waals surface area (Å²) in [4.78, 5) is 4.06. The number of aliphatic hydroxyl groups is 1. The van der Waals surface area contributed by atoms with Crippen molar-refractivity contribution in [3.8, 4) is 0 Å². The molecule has 0 aliphatic heterocycles. The maximum Gasteiger partial charge on any atom is 0.188 e. The zero-order chi connectivity index (χ0) is 9.68. The van der Waals surface area contributed by atoms with Gasteiger partial charge in [0.1, 0.15) is 0 Å². The molecule has 0 saturated heterocycles. The molecule has 0 amide bonds. The molecule has 1 rings (SSSR count). The van der Waals surface area contributed by atoms with E-state index in [4.69, 9.17) is 10.8 Å². The molecule has 76 valence electrons. The summed E-state index contributed by atoms with van der Waals surface area (Å²) < 4.78 is 0. The Labute approximate surface area is 79.2 Å². The zero-order valence-corrected chi connectivity index (χ0v) is 8.16. The van der Waals surface area contributed by atoms with Crippen molar-refractivity contribution in [2.75, 3.05) is 13.2 Å². The van der Waals surface area contributed by atoms with Crippen molar-refractivity contribution in [2.45, 2.75) is 32.2 Å². The summed E-state index contributed by atoms with van der Waals surface area (Å²) in [6, 6.07) is 0.320. The minimum atomic E-state index is 0.247. The van der Waals surface area contributed by atoms with Crippen molar-refractivity contribution in [1.82, 2.24) is 5.32 Å². The number of nitrogens with zero attached hydrogens (tertiary/aromatic N) is 1. The standard InChI is InChI=1S/C9H19N3O/c1-2-11-9(10)12-8-5-3-4-7(8)6-13/h7-8,13H,2-6H2,1H3,(H3,10,11,12). The molecule has 4 N–H and O–H groups in total. The van der Waals surface area contributed by atoms with Gasteiger partial charge in [0.15, 0.2) is 5.96 Å². The van der Waals surface area contributed by atoms with Gasteiger partial charge < -0.3 is 16.2 Å². The van der Waals surface area contributed by atoms with E-state index in [0.717, 1.165) is 12.8 Å². The number of aliphatic hydroxyl groups excluding tert-OH is 1. The second-order valence-corrected chi connectivity index (χ2v) is 3.48. The molecule has 0 radical (unpaired) electrons. The number of nitrogens with one attached hydrogen (secondary N) is 1. The number of hydrogen-bond donors (Lipinski definition) is 3. The summed E-state index contributed by atoms with van der Waals surface area (Å²) in [6.07, 6.45) is 3.35. The lowest BCUT2D eigenvalue weighted by Gasteiger charge is -2.19. The van der Waals surface area contributed by atoms with E-state index in [9.17, 15) is 0 Å². The van der Waals surface area contributed by atoms with E-state index in [1.165, 1.54) is 6.42 Å². The normalized spacial score (nSPS) is 29.2. The van der Waals surface area contributed by atoms with E-state index in [2.05, 4.69) is 10.3 Å². The monoisotopic (exact) mass is 185 g/mol. The summed E-state index contributed by atoms with van der Waals surface area (Å²) >= 11 is 0. The molecule has 1 aliphatic carbocycles. The van der Waals surface area contributed by atoms with E-state index in [1.54, 1.807) is 0 Å². The molecule has 0 aromatic rings. The topological polar surface area (TPSA) is 70.6 Å². The van der Waals surface area contributed by atoms with Crippen molar-refractivity contribution in [3.63, 3.8) is 0 Å². The summed E-state index contributed by atoms with van der Waals surface area (Å²) in [6.45, 7) is 2.90. The van der Waals surface area contributed by atoms with Crippen molar-refractivity contribution >= 4 is 5.96 Å². The fraction of sp³-hybridized carbons (Fsp3) is 0.889. The Morgan fingerprint density at radius 2 is 2.38 bits per heavy atom. The van der Waals surface area contributed by atoms with Gasteiger partial charge in [-0.15, -0.1) is 0 Å². The Bertz CT molecular complexity index is 182. The summed E-state index contributed by atoms with van der Waals surface area (Å²) in [5.74, 6) is 0.860. The molecule has 1 saturated carbocycles. The highest BCUT2D eigenvalue weighted by molar-refractivity contribution is 5.78. The molecule has 1 aliphatic rings. The van der Waals surface area contributed by atoms with Crippen LogP contribution in [0.3, 0.4) is 0 Å². The van der Waals surface area contributed by atoms with Gasteiger partial charge in [-0.1, -0.05) is 6.42 Å². The van der Waals surface area contributed by atoms with Gasteiger partial charge in [-0.25, -0.2) is 0 Å². The molecule has 4 heteroatoms. The summed E-state index contributed by atoms with van der Waals surface area (Å²) in [5.41, 5.74) is 5.64. The largest absolute Gasteiger partial charge is 0.396 e. The lowest BCUT2D eigenvalue weighted by atomic mass is 10.1. The van der Waals surface area contributed by atoms with Crippen LogP contribution >= 0.6 is 0 Å². The van der Waals surface area contributed by atoms with Crippen LogP contribution in [0.25, 0.3) is 0 Å². The summed E-state index contributed by atoms with van der Waals surface area (Å²) in [7, 11) is 0. The second-order valence-electron chi connectivity index (χ2n) is 3.48. The third-order valence-corrected chi connectivity index (χ3v) is 2.56. The van der Waals surface area contributed by atoms with Crippen LogP contribution in [0.5, 0.6) is 0 Å². The Kier molecular flexibility index (Phi) is 4.02. The quantitative estimate of drug-likeness (QED) is 0.430. The van der Waals surface area contributed by atoms with Gasteiger partial charge in [-0.2, -0.15) is 0 Å². The molecule has 0 spiro atoms.